The molecule has 6 heteroatoms. The van der Waals surface area contributed by atoms with Gasteiger partial charge in [0.05, 0.1) is 19.0 Å². The molecule has 0 saturated carbocycles. The molecular formula is C21H24FN3O2. The molecule has 0 aliphatic carbocycles. The molecule has 1 N–H and O–H groups in total. The standard InChI is InChI=1S/C21H24FN3O2/c1-24-10-11-25(19(15-24)17-7-3-2-4-8-17)21(27)14-23-20(26)13-16-6-5-9-18(22)12-16/h2-9,12,19H,10-11,13-15H2,1H3,(H,23,26). The van der Waals surface area contributed by atoms with Gasteiger partial charge in [0.2, 0.25) is 11.8 Å². The van der Waals surface area contributed by atoms with E-state index in [9.17, 15) is 14.0 Å². The van der Waals surface area contributed by atoms with Gasteiger partial charge in [-0.1, -0.05) is 42.5 Å². The Kier molecular flexibility index (Phi) is 6.19. The van der Waals surface area contributed by atoms with Crippen molar-refractivity contribution in [3.05, 3.63) is 71.5 Å². The highest BCUT2D eigenvalue weighted by Crippen LogP contribution is 2.24. The van der Waals surface area contributed by atoms with Gasteiger partial charge in [0.25, 0.3) is 0 Å². The van der Waals surface area contributed by atoms with E-state index < -0.39 is 0 Å². The summed E-state index contributed by atoms with van der Waals surface area (Å²) in [5.74, 6) is -0.775. The van der Waals surface area contributed by atoms with E-state index in [0.29, 0.717) is 12.1 Å². The Balaban J connectivity index is 1.59. The van der Waals surface area contributed by atoms with Crippen LogP contribution in [0.4, 0.5) is 4.39 Å². The van der Waals surface area contributed by atoms with Crippen molar-refractivity contribution in [1.29, 1.82) is 0 Å². The molecule has 1 aliphatic heterocycles. The minimum absolute atomic E-state index is 0.0300. The average molecular weight is 369 g/mol. The lowest BCUT2D eigenvalue weighted by Gasteiger charge is -2.40. The zero-order valence-electron chi connectivity index (χ0n) is 15.4. The number of rotatable bonds is 5. The van der Waals surface area contributed by atoms with Crippen LogP contribution in [0.3, 0.4) is 0 Å². The van der Waals surface area contributed by atoms with Gasteiger partial charge in [0, 0.05) is 19.6 Å². The third kappa shape index (κ3) is 5.14. The maximum Gasteiger partial charge on any atom is 0.242 e. The first kappa shape index (κ1) is 19.0. The molecule has 142 valence electrons. The molecule has 5 nitrogen and oxygen atoms in total. The Morgan fingerprint density at radius 3 is 2.63 bits per heavy atom. The lowest BCUT2D eigenvalue weighted by molar-refractivity contribution is -0.137. The number of nitrogens with one attached hydrogen (secondary N) is 1. The zero-order chi connectivity index (χ0) is 19.2. The van der Waals surface area contributed by atoms with Gasteiger partial charge in [-0.05, 0) is 30.3 Å². The van der Waals surface area contributed by atoms with Crippen molar-refractivity contribution in [3.8, 4) is 0 Å². The van der Waals surface area contributed by atoms with E-state index in [-0.39, 0.29) is 36.6 Å². The van der Waals surface area contributed by atoms with E-state index in [0.717, 1.165) is 18.7 Å². The second kappa shape index (κ2) is 8.77. The lowest BCUT2D eigenvalue weighted by Crippen LogP contribution is -2.51. The summed E-state index contributed by atoms with van der Waals surface area (Å²) in [6, 6.07) is 15.8. The number of benzene rings is 2. The van der Waals surface area contributed by atoms with Gasteiger partial charge in [0.1, 0.15) is 5.82 Å². The van der Waals surface area contributed by atoms with E-state index in [1.165, 1.54) is 12.1 Å². The molecule has 2 aromatic rings. The predicted octanol–water partition coefficient (Wildman–Crippen LogP) is 2.00. The van der Waals surface area contributed by atoms with E-state index in [1.54, 1.807) is 12.1 Å². The van der Waals surface area contributed by atoms with E-state index in [2.05, 4.69) is 10.2 Å². The molecule has 1 heterocycles. The first-order chi connectivity index (χ1) is 13.0. The van der Waals surface area contributed by atoms with Crippen molar-refractivity contribution in [1.82, 2.24) is 15.1 Å². The largest absolute Gasteiger partial charge is 0.347 e. The molecule has 1 aliphatic rings. The Bertz CT molecular complexity index is 797. The number of hydrogen-bond donors (Lipinski definition) is 1. The molecule has 1 fully saturated rings. The third-order valence-corrected chi connectivity index (χ3v) is 4.78. The van der Waals surface area contributed by atoms with Crippen LogP contribution in [0.1, 0.15) is 17.2 Å². The molecule has 0 spiro atoms. The van der Waals surface area contributed by atoms with Crippen molar-refractivity contribution in [2.24, 2.45) is 0 Å². The van der Waals surface area contributed by atoms with Crippen LogP contribution < -0.4 is 5.32 Å². The predicted molar refractivity (Wildman–Crippen MR) is 102 cm³/mol. The van der Waals surface area contributed by atoms with Crippen LogP contribution in [-0.2, 0) is 16.0 Å². The summed E-state index contributed by atoms with van der Waals surface area (Å²) >= 11 is 0. The van der Waals surface area contributed by atoms with Gasteiger partial charge in [-0.15, -0.1) is 0 Å². The Morgan fingerprint density at radius 2 is 1.89 bits per heavy atom. The highest BCUT2D eigenvalue weighted by Gasteiger charge is 2.30. The molecule has 2 aromatic carbocycles. The highest BCUT2D eigenvalue weighted by atomic mass is 19.1. The summed E-state index contributed by atoms with van der Waals surface area (Å²) < 4.78 is 13.2. The number of carbonyl (C=O) groups excluding carboxylic acids is 2. The summed E-state index contributed by atoms with van der Waals surface area (Å²) in [6.07, 6.45) is 0.0515. The summed E-state index contributed by atoms with van der Waals surface area (Å²) in [7, 11) is 2.04. The maximum absolute atomic E-state index is 13.2. The van der Waals surface area contributed by atoms with E-state index in [4.69, 9.17) is 0 Å². The maximum atomic E-state index is 13.2. The van der Waals surface area contributed by atoms with Crippen molar-refractivity contribution in [2.75, 3.05) is 33.2 Å². The van der Waals surface area contributed by atoms with Crippen LogP contribution in [0.15, 0.2) is 54.6 Å². The van der Waals surface area contributed by atoms with Crippen LogP contribution >= 0.6 is 0 Å². The Morgan fingerprint density at radius 1 is 1.11 bits per heavy atom. The Labute approximate surface area is 158 Å². The normalized spacial score (nSPS) is 17.6. The monoisotopic (exact) mass is 369 g/mol. The fourth-order valence-electron chi connectivity index (χ4n) is 3.35. The van der Waals surface area contributed by atoms with Crippen molar-refractivity contribution in [3.63, 3.8) is 0 Å². The molecule has 0 bridgehead atoms. The highest BCUT2D eigenvalue weighted by molar-refractivity contribution is 5.86. The van der Waals surface area contributed by atoms with Crippen molar-refractivity contribution >= 4 is 11.8 Å². The molecule has 1 unspecified atom stereocenters. The van der Waals surface area contributed by atoms with Gasteiger partial charge in [-0.2, -0.15) is 0 Å². The zero-order valence-corrected chi connectivity index (χ0v) is 15.4. The summed E-state index contributed by atoms with van der Waals surface area (Å²) in [6.45, 7) is 2.12. The molecule has 1 saturated heterocycles. The first-order valence-corrected chi connectivity index (χ1v) is 9.07. The molecule has 3 rings (SSSR count). The molecule has 1 atom stereocenters. The number of likely N-dealkylation sites (N-methyl/N-ethyl adjacent to an activating group) is 1. The summed E-state index contributed by atoms with van der Waals surface area (Å²) in [5.41, 5.74) is 1.67. The number of halogens is 1. The van der Waals surface area contributed by atoms with Crippen molar-refractivity contribution < 1.29 is 14.0 Å². The summed E-state index contributed by atoms with van der Waals surface area (Å²) in [5, 5.41) is 2.66. The quantitative estimate of drug-likeness (QED) is 0.877. The van der Waals surface area contributed by atoms with Gasteiger partial charge in [-0.25, -0.2) is 4.39 Å². The lowest BCUT2D eigenvalue weighted by atomic mass is 10.0. The Hall–Kier alpha value is -2.73. The van der Waals surface area contributed by atoms with Crippen LogP contribution in [-0.4, -0.2) is 54.8 Å². The van der Waals surface area contributed by atoms with Gasteiger partial charge in [0.15, 0.2) is 0 Å². The number of nitrogens with zero attached hydrogens (tertiary/aromatic N) is 2. The van der Waals surface area contributed by atoms with Crippen LogP contribution in [0, 0.1) is 5.82 Å². The SMILES string of the molecule is CN1CCN(C(=O)CNC(=O)Cc2cccc(F)c2)C(c2ccccc2)C1. The van der Waals surface area contributed by atoms with Gasteiger partial charge < -0.3 is 15.1 Å². The molecule has 0 radical (unpaired) electrons. The second-order valence-electron chi connectivity index (χ2n) is 6.86. The number of carbonyl (C=O) groups is 2. The second-order valence-corrected chi connectivity index (χ2v) is 6.86. The molecule has 0 aromatic heterocycles. The number of hydrogen-bond acceptors (Lipinski definition) is 3. The minimum atomic E-state index is -0.375. The van der Waals surface area contributed by atoms with Crippen LogP contribution in [0.25, 0.3) is 0 Å². The smallest absolute Gasteiger partial charge is 0.242 e. The number of piperazine rings is 1. The van der Waals surface area contributed by atoms with Crippen LogP contribution in [0.2, 0.25) is 0 Å². The van der Waals surface area contributed by atoms with Gasteiger partial charge in [-0.3, -0.25) is 9.59 Å². The molecular weight excluding hydrogens is 345 g/mol. The van der Waals surface area contributed by atoms with Crippen LogP contribution in [0.5, 0.6) is 0 Å². The van der Waals surface area contributed by atoms with E-state index in [1.807, 2.05) is 42.3 Å². The topological polar surface area (TPSA) is 52.6 Å². The minimum Gasteiger partial charge on any atom is -0.347 e. The average Bonchev–Trinajstić information content (AvgIpc) is 2.67. The van der Waals surface area contributed by atoms with Gasteiger partial charge >= 0.3 is 0 Å². The van der Waals surface area contributed by atoms with E-state index >= 15 is 0 Å². The molecule has 27 heavy (non-hydrogen) atoms. The number of amides is 2. The fourth-order valence-corrected chi connectivity index (χ4v) is 3.35. The molecule has 2 amide bonds. The third-order valence-electron chi connectivity index (χ3n) is 4.78. The summed E-state index contributed by atoms with van der Waals surface area (Å²) in [4.78, 5) is 28.9. The van der Waals surface area contributed by atoms with Crippen molar-refractivity contribution in [2.45, 2.75) is 12.5 Å². The first-order valence-electron chi connectivity index (χ1n) is 9.07. The fraction of sp³-hybridized carbons (Fsp3) is 0.333.